The third-order valence-corrected chi connectivity index (χ3v) is 10.4. The summed E-state index contributed by atoms with van der Waals surface area (Å²) in [4.78, 5) is 26.8. The smallest absolute Gasteiger partial charge is 0.306 e. The van der Waals surface area contributed by atoms with Crippen molar-refractivity contribution in [1.29, 1.82) is 0 Å². The van der Waals surface area contributed by atoms with Gasteiger partial charge in [0, 0.05) is 25.7 Å². The van der Waals surface area contributed by atoms with E-state index >= 15 is 0 Å². The van der Waals surface area contributed by atoms with Gasteiger partial charge in [-0.2, -0.15) is 0 Å². The van der Waals surface area contributed by atoms with E-state index in [9.17, 15) is 9.59 Å². The fourth-order valence-electron chi connectivity index (χ4n) is 7.13. The Morgan fingerprint density at radius 2 is 1.12 bits per heavy atom. The summed E-state index contributed by atoms with van der Waals surface area (Å²) in [5.74, 6) is -0.459. The SMILES string of the molecule is CCCCCC/C=C\COC(=O)CCCCCCCC(CCCCCCCCOC1(OCCCCCCC)CCCCC1)OC(=O)CCCN(C)C. The van der Waals surface area contributed by atoms with Gasteiger partial charge in [-0.15, -0.1) is 0 Å². The van der Waals surface area contributed by atoms with Gasteiger partial charge in [0.15, 0.2) is 5.79 Å². The molecule has 0 aromatic heterocycles. The molecule has 0 spiro atoms. The van der Waals surface area contributed by atoms with Crippen LogP contribution in [0.4, 0.5) is 0 Å². The van der Waals surface area contributed by atoms with Gasteiger partial charge in [-0.1, -0.05) is 122 Å². The molecule has 0 amide bonds. The van der Waals surface area contributed by atoms with Crippen LogP contribution in [-0.2, 0) is 28.5 Å². The number of allylic oxidation sites excluding steroid dienone is 1. The predicted octanol–water partition coefficient (Wildman–Crippen LogP) is 12.4. The highest BCUT2D eigenvalue weighted by Gasteiger charge is 2.33. The molecule has 0 aromatic carbocycles. The molecule has 0 N–H and O–H groups in total. The second-order valence-electron chi connectivity index (χ2n) is 15.8. The van der Waals surface area contributed by atoms with Crippen molar-refractivity contribution in [3.05, 3.63) is 12.2 Å². The molecule has 7 nitrogen and oxygen atoms in total. The Morgan fingerprint density at radius 1 is 0.596 bits per heavy atom. The second-order valence-corrected chi connectivity index (χ2v) is 15.8. The van der Waals surface area contributed by atoms with Crippen molar-refractivity contribution in [3.8, 4) is 0 Å². The van der Waals surface area contributed by atoms with Crippen LogP contribution in [0.1, 0.15) is 213 Å². The minimum Gasteiger partial charge on any atom is -0.462 e. The average Bonchev–Trinajstić information content (AvgIpc) is 3.13. The zero-order chi connectivity index (χ0) is 37.8. The van der Waals surface area contributed by atoms with Gasteiger partial charge in [-0.25, -0.2) is 0 Å². The van der Waals surface area contributed by atoms with Gasteiger partial charge < -0.3 is 23.8 Å². The van der Waals surface area contributed by atoms with Crippen LogP contribution in [0.5, 0.6) is 0 Å². The topological polar surface area (TPSA) is 74.3 Å². The summed E-state index contributed by atoms with van der Waals surface area (Å²) in [6, 6.07) is 0. The first kappa shape index (κ1) is 48.6. The zero-order valence-electron chi connectivity index (χ0n) is 34.9. The van der Waals surface area contributed by atoms with E-state index in [1.165, 1.54) is 96.3 Å². The lowest BCUT2D eigenvalue weighted by Crippen LogP contribution is -2.38. The third-order valence-electron chi connectivity index (χ3n) is 10.4. The van der Waals surface area contributed by atoms with Gasteiger partial charge in [0.25, 0.3) is 0 Å². The van der Waals surface area contributed by atoms with Gasteiger partial charge >= 0.3 is 11.9 Å². The van der Waals surface area contributed by atoms with E-state index in [2.05, 4.69) is 24.8 Å². The molecule has 1 aliphatic rings. The minimum atomic E-state index is -0.319. The minimum absolute atomic E-state index is 0.0215. The summed E-state index contributed by atoms with van der Waals surface area (Å²) in [6.45, 7) is 7.43. The molecule has 0 aromatic rings. The highest BCUT2D eigenvalue weighted by molar-refractivity contribution is 5.69. The first-order valence-electron chi connectivity index (χ1n) is 22.3. The van der Waals surface area contributed by atoms with E-state index in [4.69, 9.17) is 18.9 Å². The summed E-state index contributed by atoms with van der Waals surface area (Å²) in [7, 11) is 4.08. The van der Waals surface area contributed by atoms with Crippen LogP contribution < -0.4 is 0 Å². The van der Waals surface area contributed by atoms with Gasteiger partial charge in [0.1, 0.15) is 12.7 Å². The van der Waals surface area contributed by atoms with E-state index in [1.54, 1.807) is 0 Å². The fraction of sp³-hybridized carbons (Fsp3) is 0.911. The highest BCUT2D eigenvalue weighted by atomic mass is 16.7. The van der Waals surface area contributed by atoms with Crippen LogP contribution in [0.3, 0.4) is 0 Å². The summed E-state index contributed by atoms with van der Waals surface area (Å²) >= 11 is 0. The van der Waals surface area contributed by atoms with Crippen molar-refractivity contribution in [2.45, 2.75) is 225 Å². The van der Waals surface area contributed by atoms with Crippen LogP contribution >= 0.6 is 0 Å². The Kier molecular flexibility index (Phi) is 33.0. The summed E-state index contributed by atoms with van der Waals surface area (Å²) in [5, 5.41) is 0. The number of hydrogen-bond donors (Lipinski definition) is 0. The number of nitrogens with zero attached hydrogens (tertiary/aromatic N) is 1. The van der Waals surface area contributed by atoms with Crippen molar-refractivity contribution >= 4 is 11.9 Å². The summed E-state index contributed by atoms with van der Waals surface area (Å²) in [6.07, 6.45) is 38.4. The van der Waals surface area contributed by atoms with E-state index in [1.807, 2.05) is 20.2 Å². The largest absolute Gasteiger partial charge is 0.462 e. The van der Waals surface area contributed by atoms with Gasteiger partial charge in [-0.05, 0) is 97.7 Å². The number of rotatable bonds is 37. The maximum atomic E-state index is 12.6. The monoisotopic (exact) mass is 736 g/mol. The third kappa shape index (κ3) is 29.9. The zero-order valence-corrected chi connectivity index (χ0v) is 34.9. The standard InChI is InChI=1S/C45H85NO6/c1-5-7-9-11-13-20-28-39-49-43(47)34-25-18-15-17-24-33-42(52-44(48)35-31-38-46(3)4)32-23-16-12-14-21-30-41-51-45(36-26-22-27-37-45)50-40-29-19-10-8-6-2/h20,28,42H,5-19,21-27,29-41H2,1-4H3/b28-20-. The molecule has 1 aliphatic carbocycles. The van der Waals surface area contributed by atoms with Crippen molar-refractivity contribution < 1.29 is 28.5 Å². The van der Waals surface area contributed by atoms with E-state index in [-0.39, 0.29) is 23.8 Å². The van der Waals surface area contributed by atoms with Crippen LogP contribution in [0.25, 0.3) is 0 Å². The summed E-state index contributed by atoms with van der Waals surface area (Å²) < 4.78 is 24.2. The molecule has 52 heavy (non-hydrogen) atoms. The molecule has 0 bridgehead atoms. The van der Waals surface area contributed by atoms with Crippen molar-refractivity contribution in [2.75, 3.05) is 40.5 Å². The molecule has 1 rings (SSSR count). The van der Waals surface area contributed by atoms with Crippen molar-refractivity contribution in [1.82, 2.24) is 4.90 Å². The molecule has 0 radical (unpaired) electrons. The lowest BCUT2D eigenvalue weighted by Gasteiger charge is -2.37. The van der Waals surface area contributed by atoms with E-state index < -0.39 is 0 Å². The van der Waals surface area contributed by atoms with Crippen LogP contribution in [0.2, 0.25) is 0 Å². The first-order valence-corrected chi connectivity index (χ1v) is 22.3. The molecule has 306 valence electrons. The predicted molar refractivity (Wildman–Crippen MR) is 218 cm³/mol. The number of carbonyl (C=O) groups excluding carboxylic acids is 2. The lowest BCUT2D eigenvalue weighted by atomic mass is 9.94. The Labute approximate surface area is 322 Å². The molecule has 1 fully saturated rings. The van der Waals surface area contributed by atoms with Gasteiger partial charge in [-0.3, -0.25) is 9.59 Å². The highest BCUT2D eigenvalue weighted by Crippen LogP contribution is 2.33. The van der Waals surface area contributed by atoms with E-state index in [0.29, 0.717) is 19.4 Å². The maximum absolute atomic E-state index is 12.6. The van der Waals surface area contributed by atoms with Crippen LogP contribution in [-0.4, -0.2) is 69.2 Å². The maximum Gasteiger partial charge on any atom is 0.306 e. The number of unbranched alkanes of at least 4 members (excludes halogenated alkanes) is 17. The number of esters is 2. The molecule has 1 atom stereocenters. The Bertz CT molecular complexity index is 840. The molecule has 1 saturated carbocycles. The molecule has 0 saturated heterocycles. The Morgan fingerprint density at radius 3 is 1.71 bits per heavy atom. The molecular formula is C45H85NO6. The fourth-order valence-corrected chi connectivity index (χ4v) is 7.13. The normalized spacial score (nSPS) is 15.0. The second kappa shape index (κ2) is 35.3. The van der Waals surface area contributed by atoms with Gasteiger partial charge in [0.05, 0.1) is 13.2 Å². The summed E-state index contributed by atoms with van der Waals surface area (Å²) in [5.41, 5.74) is 0. The number of ether oxygens (including phenoxy) is 4. The van der Waals surface area contributed by atoms with Gasteiger partial charge in [0.2, 0.25) is 0 Å². The Hall–Kier alpha value is -1.44. The van der Waals surface area contributed by atoms with Crippen molar-refractivity contribution in [2.24, 2.45) is 0 Å². The quantitative estimate of drug-likeness (QED) is 0.0272. The average molecular weight is 736 g/mol. The van der Waals surface area contributed by atoms with Crippen LogP contribution in [0, 0.1) is 0 Å². The molecule has 0 heterocycles. The molecular weight excluding hydrogens is 650 g/mol. The van der Waals surface area contributed by atoms with Crippen LogP contribution in [0.15, 0.2) is 12.2 Å². The number of carbonyl (C=O) groups is 2. The molecule has 1 unspecified atom stereocenters. The lowest BCUT2D eigenvalue weighted by molar-refractivity contribution is -0.253. The first-order chi connectivity index (χ1) is 25.4. The Balaban J connectivity index is 2.23. The van der Waals surface area contributed by atoms with E-state index in [0.717, 1.165) is 110 Å². The molecule has 0 aliphatic heterocycles. The van der Waals surface area contributed by atoms with Crippen molar-refractivity contribution in [3.63, 3.8) is 0 Å². The molecule has 7 heteroatoms. The number of hydrogen-bond acceptors (Lipinski definition) is 7.